The van der Waals surface area contributed by atoms with Crippen molar-refractivity contribution < 1.29 is 24.1 Å². The highest BCUT2D eigenvalue weighted by Gasteiger charge is 2.38. The first-order valence-corrected chi connectivity index (χ1v) is 10.8. The first-order chi connectivity index (χ1) is 15.1. The van der Waals surface area contributed by atoms with E-state index in [1.807, 2.05) is 24.3 Å². The topological polar surface area (TPSA) is 60.4 Å². The molecule has 0 saturated carbocycles. The SMILES string of the molecule is COc1cc2c3c(c4cc(OC)c(OC)cc4c2cc1OC)[C@@H](O)[C@H]1CCCCN1C3. The summed E-state index contributed by atoms with van der Waals surface area (Å²) < 4.78 is 22.4. The molecule has 5 rings (SSSR count). The van der Waals surface area contributed by atoms with E-state index in [0.29, 0.717) is 23.0 Å². The fraction of sp³-hybridized carbons (Fsp3) is 0.440. The summed E-state index contributed by atoms with van der Waals surface area (Å²) in [6.45, 7) is 1.83. The highest BCUT2D eigenvalue weighted by molar-refractivity contribution is 6.13. The molecule has 2 aliphatic heterocycles. The van der Waals surface area contributed by atoms with Gasteiger partial charge in [0.05, 0.1) is 34.5 Å². The van der Waals surface area contributed by atoms with Crippen molar-refractivity contribution in [2.75, 3.05) is 35.0 Å². The zero-order valence-electron chi connectivity index (χ0n) is 18.5. The number of benzene rings is 3. The molecule has 0 aliphatic carbocycles. The highest BCUT2D eigenvalue weighted by Crippen LogP contribution is 2.48. The fourth-order valence-electron chi connectivity index (χ4n) is 5.46. The van der Waals surface area contributed by atoms with E-state index in [4.69, 9.17) is 18.9 Å². The Bertz CT molecular complexity index is 1160. The predicted molar refractivity (Wildman–Crippen MR) is 121 cm³/mol. The normalized spacial score (nSPS) is 20.9. The Labute approximate surface area is 182 Å². The van der Waals surface area contributed by atoms with Gasteiger partial charge in [-0.25, -0.2) is 0 Å². The van der Waals surface area contributed by atoms with E-state index in [-0.39, 0.29) is 6.04 Å². The monoisotopic (exact) mass is 423 g/mol. The number of aliphatic hydroxyl groups excluding tert-OH is 1. The lowest BCUT2D eigenvalue weighted by atomic mass is 9.80. The molecular weight excluding hydrogens is 394 g/mol. The van der Waals surface area contributed by atoms with Crippen LogP contribution in [0, 0.1) is 0 Å². The molecule has 2 aliphatic rings. The van der Waals surface area contributed by atoms with Crippen molar-refractivity contribution in [3.05, 3.63) is 35.4 Å². The molecule has 0 amide bonds. The molecule has 2 atom stereocenters. The van der Waals surface area contributed by atoms with E-state index in [2.05, 4.69) is 4.90 Å². The van der Waals surface area contributed by atoms with Crippen molar-refractivity contribution in [3.63, 3.8) is 0 Å². The fourth-order valence-corrected chi connectivity index (χ4v) is 5.46. The molecule has 6 heteroatoms. The molecule has 164 valence electrons. The van der Waals surface area contributed by atoms with Gasteiger partial charge in [0.15, 0.2) is 23.0 Å². The van der Waals surface area contributed by atoms with Gasteiger partial charge in [-0.1, -0.05) is 6.42 Å². The summed E-state index contributed by atoms with van der Waals surface area (Å²) in [6, 6.07) is 8.22. The second kappa shape index (κ2) is 7.77. The average Bonchev–Trinajstić information content (AvgIpc) is 2.82. The number of nitrogens with zero attached hydrogens (tertiary/aromatic N) is 1. The molecule has 0 radical (unpaired) electrons. The first kappa shape index (κ1) is 20.2. The van der Waals surface area contributed by atoms with Crippen molar-refractivity contribution >= 4 is 21.5 Å². The standard InChI is InChI=1S/C25H29NO5/c1-28-20-9-14-15-10-21(29-2)23(31-4)12-17(15)24-18(16(14)11-22(20)30-3)13-26-8-6-5-7-19(26)25(24)27/h9-12,19,25,27H,5-8,13H2,1-4H3/t19-,25+/m1/s1. The summed E-state index contributed by atoms with van der Waals surface area (Å²) in [5.74, 6) is 2.69. The second-order valence-electron chi connectivity index (χ2n) is 8.38. The maximum Gasteiger partial charge on any atom is 0.161 e. The van der Waals surface area contributed by atoms with E-state index in [0.717, 1.165) is 58.6 Å². The van der Waals surface area contributed by atoms with E-state index in [1.165, 1.54) is 6.42 Å². The smallest absolute Gasteiger partial charge is 0.161 e. The van der Waals surface area contributed by atoms with Gasteiger partial charge in [-0.3, -0.25) is 4.90 Å². The summed E-state index contributed by atoms with van der Waals surface area (Å²) in [5, 5.41) is 15.7. The lowest BCUT2D eigenvalue weighted by molar-refractivity contribution is 0.00754. The third-order valence-corrected chi connectivity index (χ3v) is 6.96. The summed E-state index contributed by atoms with van der Waals surface area (Å²) in [4.78, 5) is 2.43. The van der Waals surface area contributed by atoms with Gasteiger partial charge in [-0.15, -0.1) is 0 Å². The highest BCUT2D eigenvalue weighted by atomic mass is 16.5. The van der Waals surface area contributed by atoms with Crippen LogP contribution in [-0.4, -0.2) is 51.0 Å². The van der Waals surface area contributed by atoms with Crippen LogP contribution in [0.2, 0.25) is 0 Å². The Morgan fingerprint density at radius 1 is 0.742 bits per heavy atom. The number of ether oxygens (including phenoxy) is 4. The molecule has 2 heterocycles. The number of aliphatic hydroxyl groups is 1. The Morgan fingerprint density at radius 2 is 1.26 bits per heavy atom. The van der Waals surface area contributed by atoms with Crippen molar-refractivity contribution in [2.24, 2.45) is 0 Å². The van der Waals surface area contributed by atoms with Gasteiger partial charge < -0.3 is 24.1 Å². The minimum atomic E-state index is -0.554. The van der Waals surface area contributed by atoms with E-state index >= 15 is 0 Å². The lowest BCUT2D eigenvalue weighted by Crippen LogP contribution is -2.46. The zero-order valence-corrected chi connectivity index (χ0v) is 18.5. The molecular formula is C25H29NO5. The number of rotatable bonds is 4. The van der Waals surface area contributed by atoms with Gasteiger partial charge in [0.2, 0.25) is 0 Å². The number of piperidine rings is 1. The largest absolute Gasteiger partial charge is 0.493 e. The van der Waals surface area contributed by atoms with E-state index in [1.54, 1.807) is 28.4 Å². The Balaban J connectivity index is 1.91. The maximum atomic E-state index is 11.6. The molecule has 1 fully saturated rings. The summed E-state index contributed by atoms with van der Waals surface area (Å²) >= 11 is 0. The van der Waals surface area contributed by atoms with Gasteiger partial charge in [0, 0.05) is 12.6 Å². The minimum Gasteiger partial charge on any atom is -0.493 e. The molecule has 3 aromatic rings. The van der Waals surface area contributed by atoms with Crippen LogP contribution in [-0.2, 0) is 6.54 Å². The minimum absolute atomic E-state index is 0.148. The molecule has 0 unspecified atom stereocenters. The number of hydrogen-bond acceptors (Lipinski definition) is 6. The van der Waals surface area contributed by atoms with Crippen molar-refractivity contribution in [1.29, 1.82) is 0 Å². The van der Waals surface area contributed by atoms with Gasteiger partial charge in [0.1, 0.15) is 0 Å². The Kier molecular flexibility index (Phi) is 5.07. The van der Waals surface area contributed by atoms with Gasteiger partial charge in [0.25, 0.3) is 0 Å². The van der Waals surface area contributed by atoms with Crippen LogP contribution in [0.4, 0.5) is 0 Å². The Morgan fingerprint density at radius 3 is 1.84 bits per heavy atom. The Hall–Kier alpha value is -2.70. The third-order valence-electron chi connectivity index (χ3n) is 6.96. The molecule has 6 nitrogen and oxygen atoms in total. The van der Waals surface area contributed by atoms with Crippen LogP contribution >= 0.6 is 0 Å². The van der Waals surface area contributed by atoms with Crippen molar-refractivity contribution in [2.45, 2.75) is 38.0 Å². The van der Waals surface area contributed by atoms with E-state index < -0.39 is 6.10 Å². The molecule has 0 spiro atoms. The molecule has 3 aromatic carbocycles. The van der Waals surface area contributed by atoms with Gasteiger partial charge in [-0.2, -0.15) is 0 Å². The summed E-state index contributed by atoms with van der Waals surface area (Å²) in [6.07, 6.45) is 2.79. The van der Waals surface area contributed by atoms with Crippen molar-refractivity contribution in [1.82, 2.24) is 4.90 Å². The van der Waals surface area contributed by atoms with Crippen LogP contribution in [0.25, 0.3) is 21.5 Å². The maximum absolute atomic E-state index is 11.6. The van der Waals surface area contributed by atoms with Gasteiger partial charge in [-0.05, 0) is 76.3 Å². The first-order valence-electron chi connectivity index (χ1n) is 10.8. The van der Waals surface area contributed by atoms with Crippen molar-refractivity contribution in [3.8, 4) is 23.0 Å². The van der Waals surface area contributed by atoms with E-state index in [9.17, 15) is 5.11 Å². The average molecular weight is 424 g/mol. The third kappa shape index (κ3) is 3.00. The van der Waals surface area contributed by atoms with Crippen LogP contribution in [0.3, 0.4) is 0 Å². The van der Waals surface area contributed by atoms with Crippen LogP contribution in [0.15, 0.2) is 24.3 Å². The number of hydrogen-bond donors (Lipinski definition) is 1. The molecule has 0 aromatic heterocycles. The quantitative estimate of drug-likeness (QED) is 0.627. The molecule has 0 bridgehead atoms. The zero-order chi connectivity index (χ0) is 21.7. The van der Waals surface area contributed by atoms with Crippen LogP contribution in [0.5, 0.6) is 23.0 Å². The molecule has 1 N–H and O–H groups in total. The second-order valence-corrected chi connectivity index (χ2v) is 8.38. The lowest BCUT2D eigenvalue weighted by Gasteiger charge is -2.44. The van der Waals surface area contributed by atoms with Crippen LogP contribution in [0.1, 0.15) is 36.5 Å². The van der Waals surface area contributed by atoms with Crippen LogP contribution < -0.4 is 18.9 Å². The van der Waals surface area contributed by atoms with Gasteiger partial charge >= 0.3 is 0 Å². The summed E-state index contributed by atoms with van der Waals surface area (Å²) in [5.41, 5.74) is 2.15. The molecule has 31 heavy (non-hydrogen) atoms. The molecule has 1 saturated heterocycles. The number of methoxy groups -OCH3 is 4. The predicted octanol–water partition coefficient (Wildman–Crippen LogP) is 4.43. The summed E-state index contributed by atoms with van der Waals surface area (Å²) in [7, 11) is 6.59. The number of fused-ring (bicyclic) bond motifs is 7.